The second-order valence-corrected chi connectivity index (χ2v) is 5.85. The van der Waals surface area contributed by atoms with Gasteiger partial charge in [0.2, 0.25) is 5.78 Å². The molecule has 1 heterocycles. The third-order valence-electron chi connectivity index (χ3n) is 4.64. The summed E-state index contributed by atoms with van der Waals surface area (Å²) >= 11 is 0. The normalized spacial score (nSPS) is 37.4. The quantitative estimate of drug-likeness (QED) is 0.387. The number of ether oxygens (including phenoxy) is 3. The first-order valence-electron chi connectivity index (χ1n) is 6.88. The average Bonchev–Trinajstić information content (AvgIpc) is 3.06. The number of carbonyl (C=O) groups excluding carboxylic acids is 4. The number of hydrogen-bond acceptors (Lipinski definition) is 8. The van der Waals surface area contributed by atoms with E-state index < -0.39 is 47.9 Å². The minimum Gasteiger partial charge on any atom is -0.457 e. The lowest BCUT2D eigenvalue weighted by atomic mass is 9.75. The van der Waals surface area contributed by atoms with E-state index in [0.717, 1.165) is 6.92 Å². The van der Waals surface area contributed by atoms with Crippen molar-refractivity contribution < 1.29 is 33.4 Å². The van der Waals surface area contributed by atoms with E-state index in [2.05, 4.69) is 10.8 Å². The van der Waals surface area contributed by atoms with E-state index in [1.165, 1.54) is 0 Å². The second-order valence-electron chi connectivity index (χ2n) is 5.85. The van der Waals surface area contributed by atoms with Crippen LogP contribution in [0.15, 0.2) is 0 Å². The van der Waals surface area contributed by atoms with E-state index in [-0.39, 0.29) is 11.8 Å². The molecule has 3 rings (SSSR count). The number of ketones is 1. The van der Waals surface area contributed by atoms with Gasteiger partial charge in [-0.15, -0.1) is 0 Å². The summed E-state index contributed by atoms with van der Waals surface area (Å²) in [6, 6.07) is 2.05. The Morgan fingerprint density at radius 3 is 2.82 bits per heavy atom. The summed E-state index contributed by atoms with van der Waals surface area (Å²) in [6.07, 6.45) is -0.330. The molecule has 2 saturated carbocycles. The number of fused-ring (bicyclic) bond motifs is 1. The number of nitriles is 1. The van der Waals surface area contributed by atoms with E-state index in [1.807, 2.05) is 0 Å². The summed E-state index contributed by atoms with van der Waals surface area (Å²) < 4.78 is 14.9. The molecule has 0 aromatic rings. The standard InChI is InChI=1S/C14H13NO7/c1-6(16)12(18)20-4-9(17)21-10-7-2-8-11(10)22-13(19)14(8,3-7)5-15/h7-8,10-11H,2-4H2,1H3. The van der Waals surface area contributed by atoms with Crippen LogP contribution in [-0.4, -0.2) is 42.5 Å². The van der Waals surface area contributed by atoms with Crippen LogP contribution in [0.1, 0.15) is 19.8 Å². The SMILES string of the molecule is CC(=O)C(=O)OCC(=O)OC1C2CC3C1OC(=O)C3(C#N)C2. The number of nitrogens with zero attached hydrogens (tertiary/aromatic N) is 1. The zero-order chi connectivity index (χ0) is 16.1. The van der Waals surface area contributed by atoms with Crippen molar-refractivity contribution in [3.63, 3.8) is 0 Å². The largest absolute Gasteiger partial charge is 0.457 e. The zero-order valence-electron chi connectivity index (χ0n) is 11.7. The molecule has 8 nitrogen and oxygen atoms in total. The lowest BCUT2D eigenvalue weighted by molar-refractivity contribution is -0.170. The maximum absolute atomic E-state index is 11.9. The molecule has 3 fully saturated rings. The van der Waals surface area contributed by atoms with Gasteiger partial charge < -0.3 is 14.2 Å². The molecule has 8 heteroatoms. The monoisotopic (exact) mass is 307 g/mol. The number of carbonyl (C=O) groups is 4. The molecule has 5 unspecified atom stereocenters. The summed E-state index contributed by atoms with van der Waals surface area (Å²) in [5.41, 5.74) is -1.10. The van der Waals surface area contributed by atoms with E-state index in [4.69, 9.17) is 9.47 Å². The second kappa shape index (κ2) is 4.80. The van der Waals surface area contributed by atoms with Crippen LogP contribution in [0.5, 0.6) is 0 Å². The Kier molecular flexibility index (Phi) is 3.16. The van der Waals surface area contributed by atoms with Crippen LogP contribution >= 0.6 is 0 Å². The zero-order valence-corrected chi connectivity index (χ0v) is 11.7. The third-order valence-corrected chi connectivity index (χ3v) is 4.64. The molecule has 116 valence electrons. The predicted octanol–water partition coefficient (Wildman–Crippen LogP) is -0.494. The fourth-order valence-corrected chi connectivity index (χ4v) is 3.70. The Balaban J connectivity index is 1.61. The lowest BCUT2D eigenvalue weighted by Gasteiger charge is -2.27. The molecule has 0 aromatic carbocycles. The highest BCUT2D eigenvalue weighted by Gasteiger charge is 2.72. The Morgan fingerprint density at radius 2 is 2.18 bits per heavy atom. The first-order chi connectivity index (χ1) is 10.4. The fourth-order valence-electron chi connectivity index (χ4n) is 3.70. The van der Waals surface area contributed by atoms with Crippen molar-refractivity contribution in [3.05, 3.63) is 0 Å². The van der Waals surface area contributed by atoms with E-state index in [1.54, 1.807) is 0 Å². The molecular formula is C14H13NO7. The number of esters is 3. The van der Waals surface area contributed by atoms with E-state index in [0.29, 0.717) is 12.8 Å². The van der Waals surface area contributed by atoms with Gasteiger partial charge in [-0.05, 0) is 12.8 Å². The molecule has 0 spiro atoms. The van der Waals surface area contributed by atoms with Gasteiger partial charge in [0.25, 0.3) is 0 Å². The summed E-state index contributed by atoms with van der Waals surface area (Å²) in [6.45, 7) is 0.361. The first kappa shape index (κ1) is 14.5. The molecule has 1 aliphatic heterocycles. The van der Waals surface area contributed by atoms with Crippen LogP contribution in [0.3, 0.4) is 0 Å². The molecule has 3 aliphatic rings. The van der Waals surface area contributed by atoms with Crippen molar-refractivity contribution in [2.75, 3.05) is 6.61 Å². The number of Topliss-reactive ketones (excluding diaryl/α,β-unsaturated/α-hetero) is 1. The summed E-state index contributed by atoms with van der Waals surface area (Å²) in [5.74, 6) is -3.65. The van der Waals surface area contributed by atoms with Crippen LogP contribution < -0.4 is 0 Å². The van der Waals surface area contributed by atoms with Gasteiger partial charge in [-0.1, -0.05) is 0 Å². The fraction of sp³-hybridized carbons (Fsp3) is 0.643. The first-order valence-corrected chi connectivity index (χ1v) is 6.88. The van der Waals surface area contributed by atoms with E-state index in [9.17, 15) is 24.4 Å². The predicted molar refractivity (Wildman–Crippen MR) is 65.7 cm³/mol. The Bertz CT molecular complexity index is 621. The summed E-state index contributed by atoms with van der Waals surface area (Å²) in [4.78, 5) is 45.2. The highest BCUT2D eigenvalue weighted by Crippen LogP contribution is 2.62. The van der Waals surface area contributed by atoms with Crippen molar-refractivity contribution in [2.24, 2.45) is 17.3 Å². The van der Waals surface area contributed by atoms with Crippen LogP contribution in [0.25, 0.3) is 0 Å². The molecule has 0 amide bonds. The van der Waals surface area contributed by atoms with Gasteiger partial charge in [0, 0.05) is 18.8 Å². The number of hydrogen-bond donors (Lipinski definition) is 0. The molecule has 0 radical (unpaired) electrons. The molecular weight excluding hydrogens is 294 g/mol. The Labute approximate surface area is 125 Å². The van der Waals surface area contributed by atoms with Crippen molar-refractivity contribution in [3.8, 4) is 6.07 Å². The molecule has 0 aromatic heterocycles. The smallest absolute Gasteiger partial charge is 0.374 e. The van der Waals surface area contributed by atoms with Crippen molar-refractivity contribution in [2.45, 2.75) is 32.0 Å². The highest BCUT2D eigenvalue weighted by molar-refractivity contribution is 6.32. The van der Waals surface area contributed by atoms with Crippen LogP contribution in [0, 0.1) is 28.6 Å². The van der Waals surface area contributed by atoms with Gasteiger partial charge in [-0.3, -0.25) is 9.59 Å². The van der Waals surface area contributed by atoms with E-state index >= 15 is 0 Å². The molecule has 2 bridgehead atoms. The lowest BCUT2D eigenvalue weighted by Crippen LogP contribution is -2.40. The van der Waals surface area contributed by atoms with Gasteiger partial charge in [0.05, 0.1) is 6.07 Å². The maximum atomic E-state index is 11.9. The number of rotatable bonds is 4. The molecule has 5 atom stereocenters. The Hall–Kier alpha value is -2.43. The van der Waals surface area contributed by atoms with Gasteiger partial charge in [-0.2, -0.15) is 5.26 Å². The topological polar surface area (TPSA) is 120 Å². The molecule has 0 N–H and O–H groups in total. The molecule has 1 saturated heterocycles. The summed E-state index contributed by atoms with van der Waals surface area (Å²) in [5, 5.41) is 9.25. The molecule has 2 aliphatic carbocycles. The average molecular weight is 307 g/mol. The third kappa shape index (κ3) is 1.89. The van der Waals surface area contributed by atoms with Gasteiger partial charge >= 0.3 is 17.9 Å². The highest BCUT2D eigenvalue weighted by atomic mass is 16.6. The van der Waals surface area contributed by atoms with Crippen LogP contribution in [-0.2, 0) is 33.4 Å². The van der Waals surface area contributed by atoms with Crippen LogP contribution in [0.4, 0.5) is 0 Å². The van der Waals surface area contributed by atoms with Gasteiger partial charge in [-0.25, -0.2) is 9.59 Å². The van der Waals surface area contributed by atoms with Crippen LogP contribution in [0.2, 0.25) is 0 Å². The molecule has 22 heavy (non-hydrogen) atoms. The minimum atomic E-state index is -1.11. The minimum absolute atomic E-state index is 0.117. The van der Waals surface area contributed by atoms with Crippen molar-refractivity contribution in [1.82, 2.24) is 0 Å². The van der Waals surface area contributed by atoms with Gasteiger partial charge in [0.1, 0.15) is 12.2 Å². The summed E-state index contributed by atoms with van der Waals surface area (Å²) in [7, 11) is 0. The van der Waals surface area contributed by atoms with Gasteiger partial charge in [0.15, 0.2) is 12.0 Å². The Morgan fingerprint density at radius 1 is 1.45 bits per heavy atom. The van der Waals surface area contributed by atoms with Crippen molar-refractivity contribution >= 4 is 23.7 Å². The van der Waals surface area contributed by atoms with Crippen molar-refractivity contribution in [1.29, 1.82) is 5.26 Å². The maximum Gasteiger partial charge on any atom is 0.374 e.